The van der Waals surface area contributed by atoms with Gasteiger partial charge >= 0.3 is 0 Å². The lowest BCUT2D eigenvalue weighted by Gasteiger charge is -2.14. The fourth-order valence-corrected chi connectivity index (χ4v) is 2.79. The summed E-state index contributed by atoms with van der Waals surface area (Å²) in [5.74, 6) is -0.530. The van der Waals surface area contributed by atoms with Gasteiger partial charge in [-0.2, -0.15) is 0 Å². The maximum Gasteiger partial charge on any atom is 0.282 e. The molecule has 0 atom stereocenters. The van der Waals surface area contributed by atoms with Crippen LogP contribution in [-0.4, -0.2) is 17.4 Å². The lowest BCUT2D eigenvalue weighted by molar-refractivity contribution is -0.385. The Hall–Kier alpha value is -1.98. The summed E-state index contributed by atoms with van der Waals surface area (Å²) >= 11 is 0. The number of nitro groups is 1. The van der Waals surface area contributed by atoms with Crippen molar-refractivity contribution in [2.24, 2.45) is 11.3 Å². The lowest BCUT2D eigenvalue weighted by atomic mass is 10.0. The first-order valence-corrected chi connectivity index (χ1v) is 6.74. The van der Waals surface area contributed by atoms with Crippen LogP contribution in [0, 0.1) is 27.3 Å². The van der Waals surface area contributed by atoms with E-state index in [9.17, 15) is 19.3 Å². The van der Waals surface area contributed by atoms with Crippen LogP contribution in [0.25, 0.3) is 0 Å². The van der Waals surface area contributed by atoms with E-state index in [1.165, 1.54) is 12.8 Å². The molecule has 106 valence electrons. The van der Waals surface area contributed by atoms with Crippen LogP contribution in [0.3, 0.4) is 0 Å². The molecule has 6 heteroatoms. The molecule has 0 radical (unpaired) electrons. The van der Waals surface area contributed by atoms with Gasteiger partial charge in [0.15, 0.2) is 0 Å². The van der Waals surface area contributed by atoms with Crippen LogP contribution in [0.15, 0.2) is 18.2 Å². The summed E-state index contributed by atoms with van der Waals surface area (Å²) in [5, 5.41) is 13.6. The van der Waals surface area contributed by atoms with Gasteiger partial charge in [-0.25, -0.2) is 4.39 Å². The molecule has 0 heterocycles. The fourth-order valence-electron chi connectivity index (χ4n) is 2.79. The Morgan fingerprint density at radius 2 is 2.15 bits per heavy atom. The van der Waals surface area contributed by atoms with Gasteiger partial charge in [-0.1, -0.05) is 0 Å². The number of carbonyl (C=O) groups is 1. The van der Waals surface area contributed by atoms with E-state index in [1.54, 1.807) is 0 Å². The number of nitrogens with zero attached hydrogens (tertiary/aromatic N) is 1. The zero-order valence-electron chi connectivity index (χ0n) is 10.9. The van der Waals surface area contributed by atoms with E-state index < -0.39 is 16.6 Å². The van der Waals surface area contributed by atoms with Crippen molar-refractivity contribution in [2.75, 3.05) is 6.54 Å². The third-order valence-electron chi connectivity index (χ3n) is 4.34. The highest BCUT2D eigenvalue weighted by Crippen LogP contribution is 2.60. The minimum absolute atomic E-state index is 0.206. The molecule has 1 aromatic carbocycles. The van der Waals surface area contributed by atoms with Gasteiger partial charge < -0.3 is 5.32 Å². The molecule has 1 amide bonds. The van der Waals surface area contributed by atoms with Crippen LogP contribution >= 0.6 is 0 Å². The molecule has 1 aromatic rings. The number of rotatable bonds is 5. The summed E-state index contributed by atoms with van der Waals surface area (Å²) in [4.78, 5) is 22.3. The molecule has 3 rings (SSSR count). The molecule has 5 nitrogen and oxygen atoms in total. The average molecular weight is 278 g/mol. The first-order valence-electron chi connectivity index (χ1n) is 6.74. The highest BCUT2D eigenvalue weighted by molar-refractivity contribution is 5.98. The van der Waals surface area contributed by atoms with E-state index >= 15 is 0 Å². The minimum atomic E-state index is -0.665. The van der Waals surface area contributed by atoms with Crippen molar-refractivity contribution in [2.45, 2.75) is 25.7 Å². The lowest BCUT2D eigenvalue weighted by Crippen LogP contribution is -2.31. The third-order valence-corrected chi connectivity index (χ3v) is 4.34. The number of hydrogen-bond acceptors (Lipinski definition) is 3. The number of amides is 1. The Kier molecular flexibility index (Phi) is 2.96. The Balaban J connectivity index is 1.73. The number of nitro benzene ring substituents is 1. The maximum absolute atomic E-state index is 13.2. The van der Waals surface area contributed by atoms with Gasteiger partial charge in [0.05, 0.1) is 4.92 Å². The third kappa shape index (κ3) is 2.37. The largest absolute Gasteiger partial charge is 0.351 e. The summed E-state index contributed by atoms with van der Waals surface area (Å²) in [6.45, 7) is 0.532. The van der Waals surface area contributed by atoms with Crippen molar-refractivity contribution in [3.8, 4) is 0 Å². The second-order valence-corrected chi connectivity index (χ2v) is 5.74. The van der Waals surface area contributed by atoms with Gasteiger partial charge in [-0.3, -0.25) is 14.9 Å². The predicted octanol–water partition coefficient (Wildman–Crippen LogP) is 2.65. The van der Waals surface area contributed by atoms with E-state index in [4.69, 9.17) is 0 Å². The molecule has 20 heavy (non-hydrogen) atoms. The molecule has 2 saturated carbocycles. The Morgan fingerprint density at radius 3 is 2.70 bits per heavy atom. The minimum Gasteiger partial charge on any atom is -0.351 e. The van der Waals surface area contributed by atoms with E-state index in [0.29, 0.717) is 12.5 Å². The van der Waals surface area contributed by atoms with Crippen molar-refractivity contribution in [3.63, 3.8) is 0 Å². The molecule has 0 saturated heterocycles. The predicted molar refractivity (Wildman–Crippen MR) is 69.8 cm³/mol. The highest BCUT2D eigenvalue weighted by Gasteiger charge is 2.53. The van der Waals surface area contributed by atoms with E-state index in [1.807, 2.05) is 0 Å². The average Bonchev–Trinajstić information content (AvgIpc) is 3.27. The van der Waals surface area contributed by atoms with Gasteiger partial charge in [-0.15, -0.1) is 0 Å². The standard InChI is InChI=1S/C14H15FN2O3/c15-10-3-4-12(17(19)20)11(7-10)13(18)16-8-14(5-6-14)9-1-2-9/h3-4,7,9H,1-2,5-6,8H2,(H,16,18). The second-order valence-electron chi connectivity index (χ2n) is 5.74. The molecule has 2 aliphatic carbocycles. The first-order chi connectivity index (χ1) is 9.52. The number of hydrogen-bond donors (Lipinski definition) is 1. The molecule has 0 unspecified atom stereocenters. The summed E-state index contributed by atoms with van der Waals surface area (Å²) in [5.41, 5.74) is -0.362. The smallest absolute Gasteiger partial charge is 0.282 e. The van der Waals surface area contributed by atoms with E-state index in [-0.39, 0.29) is 16.7 Å². The summed E-state index contributed by atoms with van der Waals surface area (Å²) in [6.07, 6.45) is 4.61. The topological polar surface area (TPSA) is 72.2 Å². The number of carbonyl (C=O) groups excluding carboxylic acids is 1. The Labute approximate surface area is 115 Å². The zero-order chi connectivity index (χ0) is 14.3. The summed E-state index contributed by atoms with van der Waals surface area (Å²) in [6, 6.07) is 2.93. The second kappa shape index (κ2) is 4.54. The molecule has 0 bridgehead atoms. The van der Waals surface area contributed by atoms with Gasteiger partial charge in [0.2, 0.25) is 0 Å². The van der Waals surface area contributed by atoms with E-state index in [0.717, 1.165) is 31.0 Å². The van der Waals surface area contributed by atoms with Crippen molar-refractivity contribution >= 4 is 11.6 Å². The van der Waals surface area contributed by atoms with Crippen LogP contribution in [0.5, 0.6) is 0 Å². The molecule has 0 spiro atoms. The van der Waals surface area contributed by atoms with Crippen molar-refractivity contribution in [1.29, 1.82) is 0 Å². The fraction of sp³-hybridized carbons (Fsp3) is 0.500. The number of benzene rings is 1. The molecule has 0 aliphatic heterocycles. The molecule has 0 aromatic heterocycles. The maximum atomic E-state index is 13.2. The normalized spacial score (nSPS) is 19.4. The number of halogens is 1. The quantitative estimate of drug-likeness (QED) is 0.664. The van der Waals surface area contributed by atoms with E-state index in [2.05, 4.69) is 5.32 Å². The van der Waals surface area contributed by atoms with Crippen molar-refractivity contribution < 1.29 is 14.1 Å². The highest BCUT2D eigenvalue weighted by atomic mass is 19.1. The number of nitrogens with one attached hydrogen (secondary N) is 1. The van der Waals surface area contributed by atoms with Gasteiger partial charge in [0, 0.05) is 12.6 Å². The van der Waals surface area contributed by atoms with Crippen LogP contribution < -0.4 is 5.32 Å². The van der Waals surface area contributed by atoms with Crippen LogP contribution in [0.1, 0.15) is 36.0 Å². The van der Waals surface area contributed by atoms with Crippen LogP contribution in [0.4, 0.5) is 10.1 Å². The van der Waals surface area contributed by atoms with Crippen LogP contribution in [0.2, 0.25) is 0 Å². The molecular weight excluding hydrogens is 263 g/mol. The van der Waals surface area contributed by atoms with Gasteiger partial charge in [0.1, 0.15) is 11.4 Å². The summed E-state index contributed by atoms with van der Waals surface area (Å²) < 4.78 is 13.2. The summed E-state index contributed by atoms with van der Waals surface area (Å²) in [7, 11) is 0. The van der Waals surface area contributed by atoms with Crippen molar-refractivity contribution in [3.05, 3.63) is 39.7 Å². The first kappa shape index (κ1) is 13.0. The van der Waals surface area contributed by atoms with Gasteiger partial charge in [-0.05, 0) is 49.1 Å². The van der Waals surface area contributed by atoms with Gasteiger partial charge in [0.25, 0.3) is 11.6 Å². The molecule has 2 aliphatic rings. The van der Waals surface area contributed by atoms with Crippen molar-refractivity contribution in [1.82, 2.24) is 5.32 Å². The zero-order valence-corrected chi connectivity index (χ0v) is 10.9. The monoisotopic (exact) mass is 278 g/mol. The van der Waals surface area contributed by atoms with Crippen LogP contribution in [-0.2, 0) is 0 Å². The Morgan fingerprint density at radius 1 is 1.45 bits per heavy atom. The molecule has 2 fully saturated rings. The Bertz CT molecular complexity index is 580. The molecule has 1 N–H and O–H groups in total. The SMILES string of the molecule is O=C(NCC1(C2CC2)CC1)c1cc(F)ccc1[N+](=O)[O-]. The molecular formula is C14H15FN2O3.